The zero-order chi connectivity index (χ0) is 13.8. The highest BCUT2D eigenvalue weighted by atomic mass is 15.1. The minimum atomic E-state index is 0.416. The standard InChI is InChI=1S/C16H12N4/c17-20-18-10-4-3-5-12-8-9-16-14(11-12)13-6-1-2-7-15(13)19-16/h1-2,6-9,11,19H,4,10H2. The normalized spacial score (nSPS) is 10.0. The second-order valence-electron chi connectivity index (χ2n) is 4.44. The Morgan fingerprint density at radius 2 is 1.95 bits per heavy atom. The summed E-state index contributed by atoms with van der Waals surface area (Å²) in [6, 6.07) is 14.4. The lowest BCUT2D eigenvalue weighted by molar-refractivity contribution is 1.01. The van der Waals surface area contributed by atoms with E-state index in [1.807, 2.05) is 24.3 Å². The first-order chi connectivity index (χ1) is 9.88. The van der Waals surface area contributed by atoms with Crippen LogP contribution in [0.3, 0.4) is 0 Å². The van der Waals surface area contributed by atoms with Crippen molar-refractivity contribution in [3.8, 4) is 11.8 Å². The van der Waals surface area contributed by atoms with Crippen molar-refractivity contribution >= 4 is 21.8 Å². The molecular formula is C16H12N4. The van der Waals surface area contributed by atoms with E-state index < -0.39 is 0 Å². The number of azide groups is 1. The minimum absolute atomic E-state index is 0.416. The molecule has 0 bridgehead atoms. The van der Waals surface area contributed by atoms with Gasteiger partial charge in [0, 0.05) is 45.2 Å². The monoisotopic (exact) mass is 260 g/mol. The van der Waals surface area contributed by atoms with Crippen LogP contribution in [0.4, 0.5) is 0 Å². The maximum absolute atomic E-state index is 8.18. The number of aromatic nitrogens is 1. The third-order valence-corrected chi connectivity index (χ3v) is 3.14. The molecule has 3 aromatic rings. The van der Waals surface area contributed by atoms with Crippen molar-refractivity contribution in [2.45, 2.75) is 6.42 Å². The van der Waals surface area contributed by atoms with Gasteiger partial charge < -0.3 is 4.98 Å². The lowest BCUT2D eigenvalue weighted by atomic mass is 10.1. The minimum Gasteiger partial charge on any atom is -0.355 e. The summed E-state index contributed by atoms with van der Waals surface area (Å²) in [5.41, 5.74) is 11.4. The number of hydrogen-bond donors (Lipinski definition) is 1. The van der Waals surface area contributed by atoms with E-state index in [4.69, 9.17) is 5.53 Å². The maximum atomic E-state index is 8.18. The number of nitrogens with zero attached hydrogens (tertiary/aromatic N) is 3. The summed E-state index contributed by atoms with van der Waals surface area (Å²) in [6.07, 6.45) is 0.579. The Morgan fingerprint density at radius 3 is 2.85 bits per heavy atom. The Labute approximate surface area is 116 Å². The van der Waals surface area contributed by atoms with Crippen LogP contribution >= 0.6 is 0 Å². The fraction of sp³-hybridized carbons (Fsp3) is 0.125. The van der Waals surface area contributed by atoms with E-state index in [-0.39, 0.29) is 0 Å². The molecule has 0 saturated heterocycles. The number of para-hydroxylation sites is 1. The molecule has 0 amide bonds. The van der Waals surface area contributed by atoms with Gasteiger partial charge in [-0.3, -0.25) is 0 Å². The molecule has 1 heterocycles. The average molecular weight is 260 g/mol. The number of rotatable bonds is 2. The Kier molecular flexibility index (Phi) is 3.28. The first-order valence-electron chi connectivity index (χ1n) is 6.39. The fourth-order valence-corrected chi connectivity index (χ4v) is 2.24. The molecule has 0 aliphatic rings. The molecule has 0 aliphatic heterocycles. The van der Waals surface area contributed by atoms with Crippen molar-refractivity contribution in [1.29, 1.82) is 0 Å². The summed E-state index contributed by atoms with van der Waals surface area (Å²) >= 11 is 0. The molecule has 96 valence electrons. The molecule has 1 aromatic heterocycles. The van der Waals surface area contributed by atoms with Crippen LogP contribution in [-0.4, -0.2) is 11.5 Å². The van der Waals surface area contributed by atoms with Crippen LogP contribution in [0.2, 0.25) is 0 Å². The van der Waals surface area contributed by atoms with Gasteiger partial charge in [0.1, 0.15) is 0 Å². The first kappa shape index (κ1) is 12.2. The maximum Gasteiger partial charge on any atom is 0.0465 e. The molecule has 4 nitrogen and oxygen atoms in total. The zero-order valence-corrected chi connectivity index (χ0v) is 10.8. The number of benzene rings is 2. The summed E-state index contributed by atoms with van der Waals surface area (Å²) in [5, 5.41) is 5.85. The van der Waals surface area contributed by atoms with Crippen LogP contribution in [0, 0.1) is 11.8 Å². The van der Waals surface area contributed by atoms with Gasteiger partial charge in [0.15, 0.2) is 0 Å². The van der Waals surface area contributed by atoms with Gasteiger partial charge in [0.2, 0.25) is 0 Å². The van der Waals surface area contributed by atoms with E-state index >= 15 is 0 Å². The van der Waals surface area contributed by atoms with E-state index in [0.717, 1.165) is 16.6 Å². The average Bonchev–Trinajstić information content (AvgIpc) is 2.85. The highest BCUT2D eigenvalue weighted by molar-refractivity contribution is 6.07. The Bertz CT molecular complexity index is 874. The van der Waals surface area contributed by atoms with Gasteiger partial charge in [-0.15, -0.1) is 0 Å². The number of hydrogen-bond acceptors (Lipinski definition) is 1. The fourth-order valence-electron chi connectivity index (χ4n) is 2.24. The van der Waals surface area contributed by atoms with E-state index in [0.29, 0.717) is 13.0 Å². The Hall–Kier alpha value is -2.89. The quantitative estimate of drug-likeness (QED) is 0.234. The molecule has 2 aromatic carbocycles. The van der Waals surface area contributed by atoms with Crippen LogP contribution in [-0.2, 0) is 0 Å². The molecule has 0 spiro atoms. The van der Waals surface area contributed by atoms with Crippen molar-refractivity contribution in [2.24, 2.45) is 5.11 Å². The van der Waals surface area contributed by atoms with Gasteiger partial charge in [-0.2, -0.15) is 0 Å². The third kappa shape index (κ3) is 2.31. The topological polar surface area (TPSA) is 64.6 Å². The number of aromatic amines is 1. The second kappa shape index (κ2) is 5.40. The lowest BCUT2D eigenvalue weighted by Gasteiger charge is -1.93. The van der Waals surface area contributed by atoms with Gasteiger partial charge in [-0.25, -0.2) is 0 Å². The van der Waals surface area contributed by atoms with E-state index in [9.17, 15) is 0 Å². The molecule has 0 unspecified atom stereocenters. The molecule has 0 saturated carbocycles. The Balaban J connectivity index is 1.97. The van der Waals surface area contributed by atoms with Gasteiger partial charge >= 0.3 is 0 Å². The van der Waals surface area contributed by atoms with E-state index in [1.54, 1.807) is 0 Å². The summed E-state index contributed by atoms with van der Waals surface area (Å²) in [5.74, 6) is 6.12. The van der Waals surface area contributed by atoms with Crippen LogP contribution < -0.4 is 0 Å². The second-order valence-corrected chi connectivity index (χ2v) is 4.44. The van der Waals surface area contributed by atoms with Crippen LogP contribution in [0.1, 0.15) is 12.0 Å². The molecular weight excluding hydrogens is 248 g/mol. The molecule has 0 radical (unpaired) electrons. The van der Waals surface area contributed by atoms with Gasteiger partial charge in [0.05, 0.1) is 0 Å². The highest BCUT2D eigenvalue weighted by Gasteiger charge is 2.03. The highest BCUT2D eigenvalue weighted by Crippen LogP contribution is 2.25. The largest absolute Gasteiger partial charge is 0.355 e. The van der Waals surface area contributed by atoms with Crippen LogP contribution in [0.25, 0.3) is 32.2 Å². The van der Waals surface area contributed by atoms with Crippen molar-refractivity contribution < 1.29 is 0 Å². The molecule has 0 aliphatic carbocycles. The van der Waals surface area contributed by atoms with Crippen LogP contribution in [0.5, 0.6) is 0 Å². The van der Waals surface area contributed by atoms with E-state index in [1.165, 1.54) is 10.8 Å². The summed E-state index contributed by atoms with van der Waals surface area (Å²) < 4.78 is 0. The molecule has 1 N–H and O–H groups in total. The zero-order valence-electron chi connectivity index (χ0n) is 10.8. The summed E-state index contributed by atoms with van der Waals surface area (Å²) in [6.45, 7) is 0.416. The lowest BCUT2D eigenvalue weighted by Crippen LogP contribution is -1.77. The summed E-state index contributed by atoms with van der Waals surface area (Å²) in [7, 11) is 0. The van der Waals surface area contributed by atoms with Crippen molar-refractivity contribution in [1.82, 2.24) is 4.98 Å². The Morgan fingerprint density at radius 1 is 1.10 bits per heavy atom. The summed E-state index contributed by atoms with van der Waals surface area (Å²) in [4.78, 5) is 6.09. The van der Waals surface area contributed by atoms with Crippen molar-refractivity contribution in [3.63, 3.8) is 0 Å². The van der Waals surface area contributed by atoms with Gasteiger partial charge in [-0.05, 0) is 29.8 Å². The van der Waals surface area contributed by atoms with Gasteiger partial charge in [0.25, 0.3) is 0 Å². The molecule has 20 heavy (non-hydrogen) atoms. The molecule has 3 rings (SSSR count). The predicted octanol–water partition coefficient (Wildman–Crippen LogP) is 4.37. The third-order valence-electron chi connectivity index (χ3n) is 3.14. The van der Waals surface area contributed by atoms with Crippen LogP contribution in [0.15, 0.2) is 47.6 Å². The number of H-pyrrole nitrogens is 1. The molecule has 4 heteroatoms. The van der Waals surface area contributed by atoms with E-state index in [2.05, 4.69) is 45.0 Å². The van der Waals surface area contributed by atoms with Gasteiger partial charge in [-0.1, -0.05) is 35.2 Å². The number of nitrogens with one attached hydrogen (secondary N) is 1. The van der Waals surface area contributed by atoms with Crippen molar-refractivity contribution in [3.05, 3.63) is 58.5 Å². The van der Waals surface area contributed by atoms with Crippen molar-refractivity contribution in [2.75, 3.05) is 6.54 Å². The first-order valence-corrected chi connectivity index (χ1v) is 6.39. The molecule has 0 fully saturated rings. The molecule has 0 atom stereocenters. The smallest absolute Gasteiger partial charge is 0.0465 e. The SMILES string of the molecule is [N-]=[N+]=NCCC#Cc1ccc2[nH]c3ccccc3c2c1. The number of fused-ring (bicyclic) bond motifs is 3. The predicted molar refractivity (Wildman–Crippen MR) is 81.3 cm³/mol.